The van der Waals surface area contributed by atoms with Crippen molar-refractivity contribution < 1.29 is 20.1 Å². The van der Waals surface area contributed by atoms with Crippen molar-refractivity contribution in [1.29, 1.82) is 0 Å². The Morgan fingerprint density at radius 1 is 0.900 bits per heavy atom. The predicted octanol–water partition coefficient (Wildman–Crippen LogP) is 4.72. The maximum absolute atomic E-state index is 11.6. The summed E-state index contributed by atoms with van der Waals surface area (Å²) in [5.74, 6) is 2.71. The Bertz CT molecular complexity index is 693. The third-order valence-corrected chi connectivity index (χ3v) is 11.7. The monoisotopic (exact) mass is 418 g/mol. The van der Waals surface area contributed by atoms with Gasteiger partial charge in [0.25, 0.3) is 0 Å². The van der Waals surface area contributed by atoms with E-state index in [2.05, 4.69) is 20.8 Å². The number of aliphatic hydroxyl groups excluding tert-OH is 2. The molecule has 30 heavy (non-hydrogen) atoms. The van der Waals surface area contributed by atoms with E-state index in [1.807, 2.05) is 0 Å². The lowest BCUT2D eigenvalue weighted by atomic mass is 9.43. The SMILES string of the molecule is C[C@H]([C@@H]1CC[C@@H]1C(=O)O)[C@H]1CCC2C3C(CC[C@@]21C)[C@@]1(C)CC[C@@H](O)C[C@H]1C[C@H]3O. The van der Waals surface area contributed by atoms with Crippen molar-refractivity contribution in [2.75, 3.05) is 0 Å². The number of hydrogen-bond acceptors (Lipinski definition) is 3. The lowest BCUT2D eigenvalue weighted by Crippen LogP contribution is -2.59. The van der Waals surface area contributed by atoms with Crippen molar-refractivity contribution in [3.8, 4) is 0 Å². The molecule has 170 valence electrons. The number of hydrogen-bond donors (Lipinski definition) is 3. The maximum Gasteiger partial charge on any atom is 0.306 e. The molecule has 5 aliphatic rings. The molecule has 0 spiro atoms. The molecule has 4 nitrogen and oxygen atoms in total. The highest BCUT2D eigenvalue weighted by Crippen LogP contribution is 2.69. The Morgan fingerprint density at radius 3 is 2.27 bits per heavy atom. The summed E-state index contributed by atoms with van der Waals surface area (Å²) >= 11 is 0. The van der Waals surface area contributed by atoms with Crippen LogP contribution in [-0.4, -0.2) is 33.5 Å². The standard InChI is InChI=1S/C26H42O4/c1-14(17-4-5-18(17)24(29)30)19-6-7-20-23-21(9-11-26(19,20)3)25(2)10-8-16(27)12-15(25)13-22(23)28/h14-23,27-28H,4-13H2,1-3H3,(H,29,30)/t14-,15+,16-,17+,18+,19-,20?,21?,22-,23?,25+,26-/m1/s1. The van der Waals surface area contributed by atoms with E-state index in [-0.39, 0.29) is 29.0 Å². The molecule has 5 aliphatic carbocycles. The number of rotatable bonds is 3. The van der Waals surface area contributed by atoms with Crippen molar-refractivity contribution >= 4 is 5.97 Å². The topological polar surface area (TPSA) is 77.8 Å². The van der Waals surface area contributed by atoms with Crippen LogP contribution in [0.15, 0.2) is 0 Å². The van der Waals surface area contributed by atoms with Gasteiger partial charge in [0.05, 0.1) is 18.1 Å². The molecule has 0 aromatic carbocycles. The second-order valence-electron chi connectivity index (χ2n) is 12.5. The van der Waals surface area contributed by atoms with Gasteiger partial charge in [-0.2, -0.15) is 0 Å². The van der Waals surface area contributed by atoms with Crippen LogP contribution in [0.25, 0.3) is 0 Å². The van der Waals surface area contributed by atoms with Crippen molar-refractivity contribution in [1.82, 2.24) is 0 Å². The van der Waals surface area contributed by atoms with Gasteiger partial charge < -0.3 is 15.3 Å². The average Bonchev–Trinajstić information content (AvgIpc) is 2.99. The van der Waals surface area contributed by atoms with Gasteiger partial charge >= 0.3 is 5.97 Å². The number of aliphatic hydroxyl groups is 2. The Kier molecular flexibility index (Phi) is 5.10. The number of carbonyl (C=O) groups is 1. The minimum Gasteiger partial charge on any atom is -0.481 e. The van der Waals surface area contributed by atoms with Crippen LogP contribution in [0.1, 0.15) is 85.0 Å². The summed E-state index contributed by atoms with van der Waals surface area (Å²) in [5.41, 5.74) is 0.522. The van der Waals surface area contributed by atoms with Crippen LogP contribution in [0.2, 0.25) is 0 Å². The molecule has 0 aromatic heterocycles. The Hall–Kier alpha value is -0.610. The Balaban J connectivity index is 1.39. The Labute approximate surface area is 181 Å². The van der Waals surface area contributed by atoms with Crippen LogP contribution in [0.3, 0.4) is 0 Å². The fourth-order valence-corrected chi connectivity index (χ4v) is 9.86. The van der Waals surface area contributed by atoms with Crippen LogP contribution in [-0.2, 0) is 4.79 Å². The zero-order valence-corrected chi connectivity index (χ0v) is 19.1. The summed E-state index contributed by atoms with van der Waals surface area (Å²) in [6.07, 6.45) is 10.1. The van der Waals surface area contributed by atoms with Crippen LogP contribution in [0.5, 0.6) is 0 Å². The molecule has 5 fully saturated rings. The molecule has 5 rings (SSSR count). The van der Waals surface area contributed by atoms with E-state index in [1.165, 1.54) is 25.7 Å². The fourth-order valence-electron chi connectivity index (χ4n) is 9.86. The van der Waals surface area contributed by atoms with Crippen LogP contribution < -0.4 is 0 Å². The largest absolute Gasteiger partial charge is 0.481 e. The van der Waals surface area contributed by atoms with E-state index < -0.39 is 5.97 Å². The van der Waals surface area contributed by atoms with E-state index >= 15 is 0 Å². The molecule has 0 aromatic rings. The fraction of sp³-hybridized carbons (Fsp3) is 0.962. The molecule has 0 bridgehead atoms. The van der Waals surface area contributed by atoms with Gasteiger partial charge in [-0.1, -0.05) is 20.8 Å². The summed E-state index contributed by atoms with van der Waals surface area (Å²) in [4.78, 5) is 11.6. The van der Waals surface area contributed by atoms with E-state index in [4.69, 9.17) is 0 Å². The molecule has 3 unspecified atom stereocenters. The molecule has 12 atom stereocenters. The molecule has 0 aliphatic heterocycles. The van der Waals surface area contributed by atoms with Gasteiger partial charge in [0.1, 0.15) is 0 Å². The zero-order chi connectivity index (χ0) is 21.4. The van der Waals surface area contributed by atoms with Gasteiger partial charge in [0, 0.05) is 0 Å². The van der Waals surface area contributed by atoms with E-state index in [0.29, 0.717) is 41.4 Å². The maximum atomic E-state index is 11.6. The summed E-state index contributed by atoms with van der Waals surface area (Å²) < 4.78 is 0. The second kappa shape index (κ2) is 7.20. The normalized spacial score (nSPS) is 56.2. The molecule has 3 N–H and O–H groups in total. The third kappa shape index (κ3) is 2.88. The van der Waals surface area contributed by atoms with Crippen molar-refractivity contribution in [2.24, 2.45) is 58.2 Å². The first-order valence-corrected chi connectivity index (χ1v) is 12.8. The summed E-state index contributed by atoms with van der Waals surface area (Å²) in [7, 11) is 0. The molecular weight excluding hydrogens is 376 g/mol. The molecular formula is C26H42O4. The van der Waals surface area contributed by atoms with Gasteiger partial charge in [-0.15, -0.1) is 0 Å². The summed E-state index contributed by atoms with van der Waals surface area (Å²) in [5, 5.41) is 31.2. The second-order valence-corrected chi connectivity index (χ2v) is 12.5. The number of fused-ring (bicyclic) bond motifs is 5. The highest BCUT2D eigenvalue weighted by Gasteiger charge is 2.63. The molecule has 0 heterocycles. The highest BCUT2D eigenvalue weighted by molar-refractivity contribution is 5.71. The van der Waals surface area contributed by atoms with Crippen LogP contribution >= 0.6 is 0 Å². The quantitative estimate of drug-likeness (QED) is 0.619. The molecule has 5 saturated carbocycles. The molecule has 0 radical (unpaired) electrons. The van der Waals surface area contributed by atoms with Crippen molar-refractivity contribution in [3.05, 3.63) is 0 Å². The van der Waals surface area contributed by atoms with Crippen molar-refractivity contribution in [3.63, 3.8) is 0 Å². The molecule has 4 heteroatoms. The lowest BCUT2D eigenvalue weighted by molar-refractivity contribution is -0.176. The smallest absolute Gasteiger partial charge is 0.306 e. The van der Waals surface area contributed by atoms with Gasteiger partial charge in [0.15, 0.2) is 0 Å². The van der Waals surface area contributed by atoms with E-state index in [1.54, 1.807) is 0 Å². The molecule has 0 amide bonds. The first-order chi connectivity index (χ1) is 14.2. The molecule has 0 saturated heterocycles. The van der Waals surface area contributed by atoms with Gasteiger partial charge in [-0.05, 0) is 116 Å². The van der Waals surface area contributed by atoms with Gasteiger partial charge in [0.2, 0.25) is 0 Å². The summed E-state index contributed by atoms with van der Waals surface area (Å²) in [6, 6.07) is 0. The van der Waals surface area contributed by atoms with Gasteiger partial charge in [-0.25, -0.2) is 0 Å². The van der Waals surface area contributed by atoms with Crippen LogP contribution in [0.4, 0.5) is 0 Å². The van der Waals surface area contributed by atoms with Crippen LogP contribution in [0, 0.1) is 58.2 Å². The minimum absolute atomic E-state index is 0.132. The minimum atomic E-state index is -0.595. The summed E-state index contributed by atoms with van der Waals surface area (Å²) in [6.45, 7) is 7.29. The first-order valence-electron chi connectivity index (χ1n) is 12.8. The average molecular weight is 419 g/mol. The lowest BCUT2D eigenvalue weighted by Gasteiger charge is -2.62. The van der Waals surface area contributed by atoms with E-state index in [0.717, 1.165) is 38.5 Å². The van der Waals surface area contributed by atoms with Gasteiger partial charge in [-0.3, -0.25) is 4.79 Å². The number of carboxylic acids is 1. The van der Waals surface area contributed by atoms with E-state index in [9.17, 15) is 20.1 Å². The zero-order valence-electron chi connectivity index (χ0n) is 19.1. The van der Waals surface area contributed by atoms with Crippen molar-refractivity contribution in [2.45, 2.75) is 97.2 Å². The highest BCUT2D eigenvalue weighted by atomic mass is 16.4. The first kappa shape index (κ1) is 21.2. The Morgan fingerprint density at radius 2 is 1.60 bits per heavy atom. The number of carboxylic acid groups (broad SMARTS) is 1. The predicted molar refractivity (Wildman–Crippen MR) is 116 cm³/mol. The third-order valence-electron chi connectivity index (χ3n) is 11.7. The number of aliphatic carboxylic acids is 1.